The van der Waals surface area contributed by atoms with Gasteiger partial charge in [-0.05, 0) is 79.8 Å². The third kappa shape index (κ3) is 5.50. The van der Waals surface area contributed by atoms with Crippen LogP contribution in [0.4, 0.5) is 13.2 Å². The minimum atomic E-state index is -4.46. The van der Waals surface area contributed by atoms with Gasteiger partial charge in [0.2, 0.25) is 0 Å². The summed E-state index contributed by atoms with van der Waals surface area (Å²) in [7, 11) is -2.19. The molecule has 0 radical (unpaired) electrons. The molecule has 6 nitrogen and oxygen atoms in total. The number of fused-ring (bicyclic) bond motifs is 4. The van der Waals surface area contributed by atoms with E-state index in [0.717, 1.165) is 54.9 Å². The van der Waals surface area contributed by atoms with Crippen molar-refractivity contribution >= 4 is 8.32 Å². The van der Waals surface area contributed by atoms with Crippen molar-refractivity contribution in [1.82, 2.24) is 9.97 Å². The molecule has 45 heavy (non-hydrogen) atoms. The van der Waals surface area contributed by atoms with E-state index in [4.69, 9.17) is 23.6 Å². The van der Waals surface area contributed by atoms with Crippen molar-refractivity contribution in [2.24, 2.45) is 5.41 Å². The second-order valence-corrected chi connectivity index (χ2v) is 20.5. The largest absolute Gasteiger partial charge is 0.417 e. The first kappa shape index (κ1) is 31.7. The number of ether oxygens (including phenoxy) is 3. The molecule has 2 aromatic rings. The van der Waals surface area contributed by atoms with Gasteiger partial charge in [-0.2, -0.15) is 13.2 Å². The Labute approximate surface area is 265 Å². The van der Waals surface area contributed by atoms with Crippen LogP contribution in [0.5, 0.6) is 0 Å². The molecule has 2 saturated heterocycles. The normalized spacial score (nSPS) is 26.5. The molecular weight excluding hydrogens is 597 g/mol. The number of pyridine rings is 2. The first-order chi connectivity index (χ1) is 21.2. The second kappa shape index (κ2) is 11.1. The molecule has 7 rings (SSSR count). The molecule has 0 amide bonds. The smallest absolute Gasteiger partial charge is 0.410 e. The van der Waals surface area contributed by atoms with Crippen LogP contribution in [-0.2, 0) is 36.8 Å². The summed E-state index contributed by atoms with van der Waals surface area (Å²) in [5.74, 6) is 0.187. The third-order valence-corrected chi connectivity index (χ3v) is 16.4. The number of nitrogens with zero attached hydrogens (tertiary/aromatic N) is 2. The first-order valence-corrected chi connectivity index (χ1v) is 19.7. The summed E-state index contributed by atoms with van der Waals surface area (Å²) in [4.78, 5) is 10.0. The molecule has 10 heteroatoms. The molecule has 0 aromatic carbocycles. The molecule has 1 unspecified atom stereocenters. The third-order valence-electron chi connectivity index (χ3n) is 11.9. The van der Waals surface area contributed by atoms with Gasteiger partial charge < -0.3 is 18.6 Å². The Morgan fingerprint density at radius 3 is 2.20 bits per heavy atom. The van der Waals surface area contributed by atoms with Crippen molar-refractivity contribution < 1.29 is 31.8 Å². The molecule has 5 aliphatic rings. The van der Waals surface area contributed by atoms with E-state index < -0.39 is 31.8 Å². The van der Waals surface area contributed by atoms with E-state index in [-0.39, 0.29) is 22.5 Å². The molecule has 2 aromatic heterocycles. The van der Waals surface area contributed by atoms with Crippen molar-refractivity contribution in [2.45, 2.75) is 127 Å². The van der Waals surface area contributed by atoms with Crippen molar-refractivity contribution in [1.29, 1.82) is 0 Å². The standard InChI is InChI=1S/C35H47F3N2O4Si/c1-32(2,3)45(4,5)44-26-20-33(11-6-12-33)19-25-27(26)29-28(30(40-25)22-9-15-41-16-10-22)31(43-34(29)13-17-42-18-14-34)24-8-7-23(21-39-24)35(36,37)38/h7-8,21-22,26,31H,6,9-20H2,1-5H3/t26?,31-/m1/s1. The van der Waals surface area contributed by atoms with Crippen LogP contribution < -0.4 is 0 Å². The highest BCUT2D eigenvalue weighted by Gasteiger charge is 2.56. The topological polar surface area (TPSA) is 62.7 Å². The van der Waals surface area contributed by atoms with Gasteiger partial charge in [-0.1, -0.05) is 27.2 Å². The molecule has 2 atom stereocenters. The number of halogens is 3. The van der Waals surface area contributed by atoms with Gasteiger partial charge in [0.1, 0.15) is 6.10 Å². The Kier molecular flexibility index (Phi) is 7.83. The molecule has 3 fully saturated rings. The second-order valence-electron chi connectivity index (χ2n) is 15.7. The monoisotopic (exact) mass is 644 g/mol. The minimum Gasteiger partial charge on any atom is -0.410 e. The summed E-state index contributed by atoms with van der Waals surface area (Å²) in [5.41, 5.74) is 4.90. The van der Waals surface area contributed by atoms with Gasteiger partial charge in [-0.15, -0.1) is 0 Å². The highest BCUT2D eigenvalue weighted by molar-refractivity contribution is 6.74. The Bertz CT molecular complexity index is 1420. The molecule has 2 aliphatic carbocycles. The van der Waals surface area contributed by atoms with E-state index in [9.17, 15) is 13.2 Å². The highest BCUT2D eigenvalue weighted by Crippen LogP contribution is 2.62. The van der Waals surface area contributed by atoms with E-state index in [1.807, 2.05) is 0 Å². The molecular formula is C35H47F3N2O4Si. The zero-order chi connectivity index (χ0) is 31.8. The molecule has 0 bridgehead atoms. The molecule has 0 N–H and O–H groups in total. The summed E-state index contributed by atoms with van der Waals surface area (Å²) >= 11 is 0. The van der Waals surface area contributed by atoms with Crippen LogP contribution in [0.25, 0.3) is 0 Å². The SMILES string of the molecule is CC(C)(C)[Si](C)(C)OC1CC2(CCC2)Cc2nc(C3CCOCC3)c3c(c21)C1(CCOCC1)O[C@@H]3c1ccc(C(F)(F)F)cn1. The number of hydrogen-bond donors (Lipinski definition) is 0. The Morgan fingerprint density at radius 1 is 0.933 bits per heavy atom. The Balaban J connectivity index is 1.46. The fourth-order valence-corrected chi connectivity index (χ4v) is 9.43. The van der Waals surface area contributed by atoms with Gasteiger partial charge in [-0.25, -0.2) is 0 Å². The Hall–Kier alpha value is -1.85. The maximum atomic E-state index is 13.6. The van der Waals surface area contributed by atoms with Crippen LogP contribution >= 0.6 is 0 Å². The van der Waals surface area contributed by atoms with E-state index in [0.29, 0.717) is 45.0 Å². The molecule has 3 aliphatic heterocycles. The quantitative estimate of drug-likeness (QED) is 0.311. The van der Waals surface area contributed by atoms with Crippen LogP contribution in [0.1, 0.15) is 130 Å². The minimum absolute atomic E-state index is 0.0373. The van der Waals surface area contributed by atoms with Crippen LogP contribution in [0, 0.1) is 5.41 Å². The fraction of sp³-hybridized carbons (Fsp3) is 0.714. The van der Waals surface area contributed by atoms with E-state index in [2.05, 4.69) is 38.8 Å². The van der Waals surface area contributed by atoms with Crippen molar-refractivity contribution in [2.75, 3.05) is 26.4 Å². The predicted octanol–water partition coefficient (Wildman–Crippen LogP) is 8.69. The van der Waals surface area contributed by atoms with Crippen LogP contribution in [-0.4, -0.2) is 44.7 Å². The summed E-state index contributed by atoms with van der Waals surface area (Å²) in [6.07, 6.45) is 4.42. The van der Waals surface area contributed by atoms with Crippen LogP contribution in [0.15, 0.2) is 18.3 Å². The fourth-order valence-electron chi connectivity index (χ4n) is 8.17. The number of rotatable bonds is 4. The summed E-state index contributed by atoms with van der Waals surface area (Å²) in [5, 5.41) is 0.0373. The zero-order valence-corrected chi connectivity index (χ0v) is 28.3. The van der Waals surface area contributed by atoms with Crippen LogP contribution in [0.2, 0.25) is 18.1 Å². The van der Waals surface area contributed by atoms with Crippen molar-refractivity contribution in [3.8, 4) is 0 Å². The zero-order valence-electron chi connectivity index (χ0n) is 27.3. The first-order valence-electron chi connectivity index (χ1n) is 16.8. The van der Waals surface area contributed by atoms with Gasteiger partial charge >= 0.3 is 6.18 Å². The lowest BCUT2D eigenvalue weighted by molar-refractivity contribution is -0.138. The number of alkyl halides is 3. The predicted molar refractivity (Wildman–Crippen MR) is 167 cm³/mol. The van der Waals surface area contributed by atoms with Gasteiger partial charge in [0, 0.05) is 68.2 Å². The molecule has 246 valence electrons. The summed E-state index contributed by atoms with van der Waals surface area (Å²) in [6, 6.07) is 2.62. The molecule has 5 heterocycles. The summed E-state index contributed by atoms with van der Waals surface area (Å²) in [6.45, 7) is 14.0. The van der Waals surface area contributed by atoms with Crippen molar-refractivity contribution in [3.05, 3.63) is 57.7 Å². The Morgan fingerprint density at radius 2 is 1.62 bits per heavy atom. The average Bonchev–Trinajstić information content (AvgIpc) is 3.29. The van der Waals surface area contributed by atoms with E-state index >= 15 is 0 Å². The maximum absolute atomic E-state index is 13.6. The van der Waals surface area contributed by atoms with E-state index in [1.165, 1.54) is 36.5 Å². The number of hydrogen-bond acceptors (Lipinski definition) is 6. The van der Waals surface area contributed by atoms with Gasteiger partial charge in [0.15, 0.2) is 8.32 Å². The van der Waals surface area contributed by atoms with Gasteiger partial charge in [0.25, 0.3) is 0 Å². The lowest BCUT2D eigenvalue weighted by Gasteiger charge is -2.51. The van der Waals surface area contributed by atoms with Gasteiger partial charge in [0.05, 0.1) is 28.7 Å². The van der Waals surface area contributed by atoms with Crippen LogP contribution in [0.3, 0.4) is 0 Å². The van der Waals surface area contributed by atoms with Gasteiger partial charge in [-0.3, -0.25) is 9.97 Å². The van der Waals surface area contributed by atoms with E-state index in [1.54, 1.807) is 0 Å². The highest BCUT2D eigenvalue weighted by atomic mass is 28.4. The molecule has 1 saturated carbocycles. The molecule has 2 spiro atoms. The average molecular weight is 645 g/mol. The maximum Gasteiger partial charge on any atom is 0.417 e. The number of aromatic nitrogens is 2. The van der Waals surface area contributed by atoms with Crippen molar-refractivity contribution in [3.63, 3.8) is 0 Å². The summed E-state index contributed by atoms with van der Waals surface area (Å²) < 4.78 is 66.9. The lowest BCUT2D eigenvalue weighted by Crippen LogP contribution is -2.47. The lowest BCUT2D eigenvalue weighted by atomic mass is 9.58.